The Balaban J connectivity index is 3.02. The monoisotopic (exact) mass is 216 g/mol. The van der Waals surface area contributed by atoms with Crippen LogP contribution in [-0.2, 0) is 6.42 Å². The molecule has 1 unspecified atom stereocenters. The van der Waals surface area contributed by atoms with Gasteiger partial charge in [-0.25, -0.2) is 4.98 Å². The van der Waals surface area contributed by atoms with E-state index in [9.17, 15) is 5.11 Å². The predicted molar refractivity (Wildman–Crippen MR) is 55.0 cm³/mol. The highest BCUT2D eigenvalue weighted by Crippen LogP contribution is 2.16. The van der Waals surface area contributed by atoms with Gasteiger partial charge >= 0.3 is 0 Å². The zero-order chi connectivity index (χ0) is 10.7. The summed E-state index contributed by atoms with van der Waals surface area (Å²) in [4.78, 5) is 6.40. The van der Waals surface area contributed by atoms with Gasteiger partial charge in [0.15, 0.2) is 4.77 Å². The Kier molecular flexibility index (Phi) is 3.39. The molecule has 1 rings (SSSR count). The van der Waals surface area contributed by atoms with Crippen molar-refractivity contribution in [2.75, 3.05) is 18.1 Å². The van der Waals surface area contributed by atoms with Crippen molar-refractivity contribution in [3.8, 4) is 0 Å². The van der Waals surface area contributed by atoms with E-state index in [2.05, 4.69) is 9.97 Å². The first-order valence-corrected chi connectivity index (χ1v) is 4.38. The van der Waals surface area contributed by atoms with Crippen molar-refractivity contribution in [1.29, 1.82) is 0 Å². The molecule has 14 heavy (non-hydrogen) atoms. The zero-order valence-electron chi connectivity index (χ0n) is 7.40. The van der Waals surface area contributed by atoms with Crippen molar-refractivity contribution in [1.82, 2.24) is 9.97 Å². The molecule has 1 heterocycles. The lowest BCUT2D eigenvalue weighted by atomic mass is 10.1. The highest BCUT2D eigenvalue weighted by Gasteiger charge is 2.11. The van der Waals surface area contributed by atoms with E-state index >= 15 is 0 Å². The van der Waals surface area contributed by atoms with Crippen LogP contribution < -0.4 is 11.5 Å². The summed E-state index contributed by atoms with van der Waals surface area (Å²) in [6.07, 6.45) is -0.751. The molecule has 1 aromatic heterocycles. The maximum atomic E-state index is 9.20. The molecule has 0 saturated heterocycles. The molecular weight excluding hydrogens is 204 g/mol. The van der Waals surface area contributed by atoms with Gasteiger partial charge in [-0.15, -0.1) is 0 Å². The molecule has 0 aromatic carbocycles. The lowest BCUT2D eigenvalue weighted by Crippen LogP contribution is -2.18. The topological polar surface area (TPSA) is 121 Å². The van der Waals surface area contributed by atoms with Crippen LogP contribution in [0, 0.1) is 4.77 Å². The molecule has 0 bridgehead atoms. The van der Waals surface area contributed by atoms with E-state index in [0.29, 0.717) is 5.56 Å². The summed E-state index contributed by atoms with van der Waals surface area (Å²) in [5.41, 5.74) is 11.6. The second-order valence-electron chi connectivity index (χ2n) is 2.86. The Labute approximate surface area is 85.6 Å². The predicted octanol–water partition coefficient (Wildman–Crippen LogP) is -0.801. The first-order valence-electron chi connectivity index (χ1n) is 3.97. The molecule has 7 N–H and O–H groups in total. The molecule has 0 radical (unpaired) electrons. The van der Waals surface area contributed by atoms with Gasteiger partial charge in [0.2, 0.25) is 0 Å². The van der Waals surface area contributed by atoms with Crippen LogP contribution in [-0.4, -0.2) is 32.9 Å². The summed E-state index contributed by atoms with van der Waals surface area (Å²) in [5.74, 6) is 0.453. The first-order chi connectivity index (χ1) is 6.54. The van der Waals surface area contributed by atoms with Crippen LogP contribution in [0.15, 0.2) is 0 Å². The van der Waals surface area contributed by atoms with Crippen LogP contribution in [0.25, 0.3) is 0 Å². The van der Waals surface area contributed by atoms with Gasteiger partial charge < -0.3 is 26.7 Å². The average molecular weight is 216 g/mol. The highest BCUT2D eigenvalue weighted by molar-refractivity contribution is 7.71. The molecular formula is C7H12N4O2S. The fraction of sp³-hybridized carbons (Fsp3) is 0.429. The zero-order valence-corrected chi connectivity index (χ0v) is 8.21. The molecule has 0 aliphatic rings. The molecule has 0 amide bonds. The Morgan fingerprint density at radius 3 is 2.64 bits per heavy atom. The second-order valence-corrected chi connectivity index (χ2v) is 3.25. The maximum absolute atomic E-state index is 9.20. The van der Waals surface area contributed by atoms with E-state index in [1.54, 1.807) is 0 Å². The Hall–Kier alpha value is -1.18. The van der Waals surface area contributed by atoms with E-state index in [-0.39, 0.29) is 29.4 Å². The molecule has 78 valence electrons. The maximum Gasteiger partial charge on any atom is 0.200 e. The Morgan fingerprint density at radius 2 is 2.14 bits per heavy atom. The summed E-state index contributed by atoms with van der Waals surface area (Å²) >= 11 is 4.75. The van der Waals surface area contributed by atoms with Gasteiger partial charge in [-0.1, -0.05) is 0 Å². The van der Waals surface area contributed by atoms with E-state index in [1.807, 2.05) is 0 Å². The smallest absolute Gasteiger partial charge is 0.200 e. The molecule has 1 aromatic rings. The third-order valence-corrected chi connectivity index (χ3v) is 1.94. The van der Waals surface area contributed by atoms with Crippen LogP contribution in [0.3, 0.4) is 0 Å². The first kappa shape index (κ1) is 10.9. The number of nitrogens with zero attached hydrogens (tertiary/aromatic N) is 1. The summed E-state index contributed by atoms with van der Waals surface area (Å²) < 4.78 is 0.197. The summed E-state index contributed by atoms with van der Waals surface area (Å²) in [7, 11) is 0. The lowest BCUT2D eigenvalue weighted by molar-refractivity contribution is 0.0956. The number of hydrogen-bond donors (Lipinski definition) is 5. The standard InChI is InChI=1S/C7H12N4O2S/c8-5-4(1-3(13)2-12)6(9)11-7(14)10-5/h3,12-13H,1-2H2,(H5,8,9,10,11,14). The van der Waals surface area contributed by atoms with Crippen molar-refractivity contribution in [2.45, 2.75) is 12.5 Å². The summed E-state index contributed by atoms with van der Waals surface area (Å²) in [6, 6.07) is 0. The number of nitrogens with two attached hydrogens (primary N) is 2. The molecule has 7 heteroatoms. The van der Waals surface area contributed by atoms with Crippen LogP contribution in [0.5, 0.6) is 0 Å². The van der Waals surface area contributed by atoms with Crippen molar-refractivity contribution in [3.63, 3.8) is 0 Å². The molecule has 0 aliphatic carbocycles. The number of aliphatic hydroxyl groups excluding tert-OH is 2. The molecule has 0 fully saturated rings. The lowest BCUT2D eigenvalue weighted by Gasteiger charge is -2.10. The fourth-order valence-electron chi connectivity index (χ4n) is 1.05. The Bertz CT molecular complexity index is 352. The van der Waals surface area contributed by atoms with Gasteiger partial charge in [-0.2, -0.15) is 0 Å². The molecule has 0 saturated carbocycles. The number of nitrogens with one attached hydrogen (secondary N) is 1. The number of aromatic nitrogens is 2. The number of H-pyrrole nitrogens is 1. The quantitative estimate of drug-likeness (QED) is 0.422. The molecule has 6 nitrogen and oxygen atoms in total. The summed E-state index contributed by atoms with van der Waals surface area (Å²) in [6.45, 7) is -0.353. The van der Waals surface area contributed by atoms with Crippen molar-refractivity contribution in [2.24, 2.45) is 0 Å². The van der Waals surface area contributed by atoms with E-state index < -0.39 is 6.10 Å². The van der Waals surface area contributed by atoms with Gasteiger partial charge in [0, 0.05) is 12.0 Å². The molecule has 1 atom stereocenters. The number of nitrogen functional groups attached to an aromatic ring is 2. The Morgan fingerprint density at radius 1 is 1.50 bits per heavy atom. The van der Waals surface area contributed by atoms with Crippen molar-refractivity contribution in [3.05, 3.63) is 10.3 Å². The minimum absolute atomic E-state index is 0.146. The number of hydrogen-bond acceptors (Lipinski definition) is 6. The fourth-order valence-corrected chi connectivity index (χ4v) is 1.26. The van der Waals surface area contributed by atoms with Crippen LogP contribution in [0.1, 0.15) is 5.56 Å². The normalized spacial score (nSPS) is 12.7. The number of aromatic amines is 1. The van der Waals surface area contributed by atoms with E-state index in [4.69, 9.17) is 28.8 Å². The van der Waals surface area contributed by atoms with Gasteiger partial charge in [-0.3, -0.25) is 0 Å². The SMILES string of the molecule is Nc1nc(=S)[nH]c(N)c1CC(O)CO. The molecule has 0 aliphatic heterocycles. The van der Waals surface area contributed by atoms with Gasteiger partial charge in [0.1, 0.15) is 11.6 Å². The summed E-state index contributed by atoms with van der Waals surface area (Å²) in [5, 5.41) is 17.9. The number of aliphatic hydroxyl groups is 2. The number of rotatable bonds is 3. The minimum atomic E-state index is -0.897. The number of anilines is 2. The van der Waals surface area contributed by atoms with Gasteiger partial charge in [0.25, 0.3) is 0 Å². The van der Waals surface area contributed by atoms with Crippen LogP contribution in [0.2, 0.25) is 0 Å². The average Bonchev–Trinajstić information content (AvgIpc) is 2.10. The van der Waals surface area contributed by atoms with Crippen molar-refractivity contribution < 1.29 is 10.2 Å². The largest absolute Gasteiger partial charge is 0.394 e. The van der Waals surface area contributed by atoms with Gasteiger partial charge in [0.05, 0.1) is 12.7 Å². The third kappa shape index (κ3) is 2.41. The third-order valence-electron chi connectivity index (χ3n) is 1.75. The minimum Gasteiger partial charge on any atom is -0.394 e. The van der Waals surface area contributed by atoms with Gasteiger partial charge in [-0.05, 0) is 12.2 Å². The molecule has 0 spiro atoms. The van der Waals surface area contributed by atoms with E-state index in [0.717, 1.165) is 0 Å². The van der Waals surface area contributed by atoms with Crippen LogP contribution in [0.4, 0.5) is 11.6 Å². The second kappa shape index (κ2) is 4.36. The van der Waals surface area contributed by atoms with E-state index in [1.165, 1.54) is 0 Å². The van der Waals surface area contributed by atoms with Crippen molar-refractivity contribution >= 4 is 23.9 Å². The van der Waals surface area contributed by atoms with Crippen LogP contribution >= 0.6 is 12.2 Å². The highest BCUT2D eigenvalue weighted by atomic mass is 32.1.